The molecular formula is C9H16Cl2N2. The number of aryl methyl sites for hydroxylation is 1. The van der Waals surface area contributed by atoms with Crippen molar-refractivity contribution < 1.29 is 0 Å². The molecule has 0 saturated carbocycles. The molecule has 0 bridgehead atoms. The Kier molecular flexibility index (Phi) is 9.46. The van der Waals surface area contributed by atoms with Crippen LogP contribution in [0, 0.1) is 0 Å². The van der Waals surface area contributed by atoms with Gasteiger partial charge in [0.2, 0.25) is 0 Å². The molecular weight excluding hydrogens is 207 g/mol. The Morgan fingerprint density at radius 2 is 1.69 bits per heavy atom. The lowest BCUT2D eigenvalue weighted by atomic mass is 10.1. The van der Waals surface area contributed by atoms with Crippen molar-refractivity contribution in [1.29, 1.82) is 0 Å². The zero-order valence-electron chi connectivity index (χ0n) is 7.40. The number of rotatable bonds is 3. The zero-order chi connectivity index (χ0) is 8.10. The Bertz CT molecular complexity index is 229. The van der Waals surface area contributed by atoms with Crippen LogP contribution in [0.1, 0.15) is 12.0 Å². The first kappa shape index (κ1) is 15.1. The topological polar surface area (TPSA) is 52.0 Å². The third kappa shape index (κ3) is 4.98. The van der Waals surface area contributed by atoms with Gasteiger partial charge in [0.1, 0.15) is 0 Å². The molecule has 76 valence electrons. The van der Waals surface area contributed by atoms with Crippen molar-refractivity contribution in [3.05, 3.63) is 29.8 Å². The Morgan fingerprint density at radius 1 is 1.08 bits per heavy atom. The minimum atomic E-state index is 0. The molecule has 0 spiro atoms. The van der Waals surface area contributed by atoms with Gasteiger partial charge in [-0.3, -0.25) is 0 Å². The molecule has 2 nitrogen and oxygen atoms in total. The lowest BCUT2D eigenvalue weighted by Gasteiger charge is -2.02. The number of hydrogen-bond donors (Lipinski definition) is 2. The smallest absolute Gasteiger partial charge is 0.0346 e. The number of para-hydroxylation sites is 1. The molecule has 1 rings (SSSR count). The Hall–Kier alpha value is -0.440. The van der Waals surface area contributed by atoms with E-state index in [0.29, 0.717) is 0 Å². The maximum absolute atomic E-state index is 5.72. The predicted octanol–water partition coefficient (Wildman–Crippen LogP) is 2.00. The number of hydrogen-bond acceptors (Lipinski definition) is 2. The fraction of sp³-hybridized carbons (Fsp3) is 0.333. The van der Waals surface area contributed by atoms with E-state index >= 15 is 0 Å². The van der Waals surface area contributed by atoms with E-state index in [1.54, 1.807) is 0 Å². The highest BCUT2D eigenvalue weighted by Crippen LogP contribution is 2.11. The van der Waals surface area contributed by atoms with Crippen molar-refractivity contribution in [2.75, 3.05) is 12.3 Å². The van der Waals surface area contributed by atoms with Gasteiger partial charge in [-0.15, -0.1) is 24.8 Å². The van der Waals surface area contributed by atoms with Crippen molar-refractivity contribution >= 4 is 30.5 Å². The van der Waals surface area contributed by atoms with E-state index in [1.807, 2.05) is 24.3 Å². The van der Waals surface area contributed by atoms with E-state index < -0.39 is 0 Å². The molecule has 0 fully saturated rings. The number of anilines is 1. The predicted molar refractivity (Wildman–Crippen MR) is 62.7 cm³/mol. The normalized spacial score (nSPS) is 8.38. The third-order valence-corrected chi connectivity index (χ3v) is 1.71. The van der Waals surface area contributed by atoms with Gasteiger partial charge in [0.05, 0.1) is 0 Å². The van der Waals surface area contributed by atoms with Crippen LogP contribution in [0.2, 0.25) is 0 Å². The summed E-state index contributed by atoms with van der Waals surface area (Å²) in [7, 11) is 0. The van der Waals surface area contributed by atoms with Gasteiger partial charge in [-0.1, -0.05) is 18.2 Å². The van der Waals surface area contributed by atoms with Crippen LogP contribution in [0.5, 0.6) is 0 Å². The van der Waals surface area contributed by atoms with E-state index in [4.69, 9.17) is 11.5 Å². The molecule has 0 saturated heterocycles. The summed E-state index contributed by atoms with van der Waals surface area (Å²) in [6, 6.07) is 7.92. The standard InChI is InChI=1S/C9H14N2.2ClH/c10-7-3-5-8-4-1-2-6-9(8)11;;/h1-2,4,6H,3,5,7,10-11H2;2*1H. The van der Waals surface area contributed by atoms with E-state index in [-0.39, 0.29) is 24.8 Å². The quantitative estimate of drug-likeness (QED) is 0.770. The van der Waals surface area contributed by atoms with Gasteiger partial charge in [0.25, 0.3) is 0 Å². The third-order valence-electron chi connectivity index (χ3n) is 1.71. The van der Waals surface area contributed by atoms with Crippen LogP contribution in [0.15, 0.2) is 24.3 Å². The molecule has 13 heavy (non-hydrogen) atoms. The van der Waals surface area contributed by atoms with Crippen LogP contribution >= 0.6 is 24.8 Å². The number of halogens is 2. The summed E-state index contributed by atoms with van der Waals surface area (Å²) in [4.78, 5) is 0. The average Bonchev–Trinajstić information content (AvgIpc) is 2.03. The van der Waals surface area contributed by atoms with E-state index in [1.165, 1.54) is 5.56 Å². The largest absolute Gasteiger partial charge is 0.399 e. The molecule has 0 unspecified atom stereocenters. The highest BCUT2D eigenvalue weighted by atomic mass is 35.5. The number of benzene rings is 1. The van der Waals surface area contributed by atoms with E-state index in [2.05, 4.69) is 0 Å². The van der Waals surface area contributed by atoms with Gasteiger partial charge in [-0.2, -0.15) is 0 Å². The van der Waals surface area contributed by atoms with Gasteiger partial charge in [-0.25, -0.2) is 0 Å². The molecule has 1 aromatic rings. The Balaban J connectivity index is 0. The van der Waals surface area contributed by atoms with Gasteiger partial charge in [0, 0.05) is 5.69 Å². The zero-order valence-corrected chi connectivity index (χ0v) is 9.03. The van der Waals surface area contributed by atoms with Crippen LogP contribution in [-0.2, 0) is 6.42 Å². The molecule has 0 aliphatic heterocycles. The van der Waals surface area contributed by atoms with Gasteiger partial charge in [-0.05, 0) is 31.0 Å². The number of nitrogens with two attached hydrogens (primary N) is 2. The summed E-state index contributed by atoms with van der Waals surface area (Å²) < 4.78 is 0. The molecule has 4 heteroatoms. The molecule has 0 radical (unpaired) electrons. The van der Waals surface area contributed by atoms with Gasteiger partial charge < -0.3 is 11.5 Å². The molecule has 0 amide bonds. The summed E-state index contributed by atoms with van der Waals surface area (Å²) in [5.41, 5.74) is 13.2. The van der Waals surface area contributed by atoms with E-state index in [0.717, 1.165) is 25.1 Å². The maximum atomic E-state index is 5.72. The van der Waals surface area contributed by atoms with Crippen LogP contribution in [0.4, 0.5) is 5.69 Å². The minimum absolute atomic E-state index is 0. The van der Waals surface area contributed by atoms with Crippen LogP contribution in [0.3, 0.4) is 0 Å². The van der Waals surface area contributed by atoms with Crippen molar-refractivity contribution in [2.45, 2.75) is 12.8 Å². The second kappa shape index (κ2) is 8.17. The molecule has 0 aromatic heterocycles. The molecule has 0 heterocycles. The first-order chi connectivity index (χ1) is 5.34. The summed E-state index contributed by atoms with van der Waals surface area (Å²) in [6.45, 7) is 0.730. The Labute approximate surface area is 91.5 Å². The van der Waals surface area contributed by atoms with Gasteiger partial charge in [0.15, 0.2) is 0 Å². The maximum Gasteiger partial charge on any atom is 0.0346 e. The fourth-order valence-corrected chi connectivity index (χ4v) is 1.05. The monoisotopic (exact) mass is 222 g/mol. The average molecular weight is 223 g/mol. The second-order valence-corrected chi connectivity index (χ2v) is 2.59. The lowest BCUT2D eigenvalue weighted by Crippen LogP contribution is -2.01. The van der Waals surface area contributed by atoms with Crippen molar-refractivity contribution in [2.24, 2.45) is 5.73 Å². The summed E-state index contributed by atoms with van der Waals surface area (Å²) in [6.07, 6.45) is 2.00. The first-order valence-electron chi connectivity index (χ1n) is 3.88. The van der Waals surface area contributed by atoms with Crippen LogP contribution < -0.4 is 11.5 Å². The molecule has 0 aliphatic rings. The molecule has 0 atom stereocenters. The van der Waals surface area contributed by atoms with Crippen LogP contribution in [-0.4, -0.2) is 6.54 Å². The SMILES string of the molecule is Cl.Cl.NCCCc1ccccc1N. The van der Waals surface area contributed by atoms with Gasteiger partial charge >= 0.3 is 0 Å². The van der Waals surface area contributed by atoms with Crippen molar-refractivity contribution in [3.63, 3.8) is 0 Å². The highest BCUT2D eigenvalue weighted by molar-refractivity contribution is 5.85. The highest BCUT2D eigenvalue weighted by Gasteiger charge is 1.94. The Morgan fingerprint density at radius 3 is 2.23 bits per heavy atom. The molecule has 0 aliphatic carbocycles. The lowest BCUT2D eigenvalue weighted by molar-refractivity contribution is 0.834. The second-order valence-electron chi connectivity index (χ2n) is 2.59. The summed E-state index contributed by atoms with van der Waals surface area (Å²) in [5.74, 6) is 0. The fourth-order valence-electron chi connectivity index (χ4n) is 1.05. The van der Waals surface area contributed by atoms with Crippen LogP contribution in [0.25, 0.3) is 0 Å². The van der Waals surface area contributed by atoms with Crippen molar-refractivity contribution in [3.8, 4) is 0 Å². The van der Waals surface area contributed by atoms with Crippen molar-refractivity contribution in [1.82, 2.24) is 0 Å². The van der Waals surface area contributed by atoms with E-state index in [9.17, 15) is 0 Å². The summed E-state index contributed by atoms with van der Waals surface area (Å²) in [5, 5.41) is 0. The first-order valence-corrected chi connectivity index (χ1v) is 3.88. The number of nitrogen functional groups attached to an aromatic ring is 1. The molecule has 4 N–H and O–H groups in total. The minimum Gasteiger partial charge on any atom is -0.399 e. The molecule has 1 aromatic carbocycles. The summed E-state index contributed by atoms with van der Waals surface area (Å²) >= 11 is 0.